The van der Waals surface area contributed by atoms with Crippen LogP contribution in [-0.4, -0.2) is 68.1 Å². The number of methoxy groups -OCH3 is 1. The summed E-state index contributed by atoms with van der Waals surface area (Å²) in [7, 11) is 3.70. The van der Waals surface area contributed by atoms with Crippen LogP contribution >= 0.6 is 0 Å². The number of hydrogen-bond donors (Lipinski definition) is 2. The highest BCUT2D eigenvalue weighted by Crippen LogP contribution is 2.37. The molecule has 1 fully saturated rings. The molecule has 2 aliphatic rings. The Bertz CT molecular complexity index is 1500. The largest absolute Gasteiger partial charge is 0.493 e. The molecular weight excluding hydrogens is 551 g/mol. The average molecular weight is 589 g/mol. The minimum atomic E-state index is -0.819. The molecule has 3 aromatic rings. The summed E-state index contributed by atoms with van der Waals surface area (Å²) in [6, 6.07) is 14.2. The highest BCUT2D eigenvalue weighted by molar-refractivity contribution is 6.35. The topological polar surface area (TPSA) is 102 Å². The molecule has 2 amide bonds. The van der Waals surface area contributed by atoms with E-state index in [1.54, 1.807) is 31.5 Å². The van der Waals surface area contributed by atoms with E-state index in [1.807, 2.05) is 36.4 Å². The number of rotatable bonds is 10. The van der Waals surface area contributed by atoms with Crippen LogP contribution in [0.1, 0.15) is 24.8 Å². The number of fused-ring (bicyclic) bond motifs is 1. The first-order valence-corrected chi connectivity index (χ1v) is 14.6. The molecule has 2 heterocycles. The number of hydrogen-bond acceptors (Lipinski definition) is 7. The zero-order valence-corrected chi connectivity index (χ0v) is 24.5. The quantitative estimate of drug-likeness (QED) is 0.340. The summed E-state index contributed by atoms with van der Waals surface area (Å²) in [6.07, 6.45) is 7.41. The Kier molecular flexibility index (Phi) is 9.88. The van der Waals surface area contributed by atoms with Gasteiger partial charge in [-0.3, -0.25) is 14.6 Å². The van der Waals surface area contributed by atoms with Crippen molar-refractivity contribution < 1.29 is 28.2 Å². The van der Waals surface area contributed by atoms with Crippen LogP contribution in [0, 0.1) is 5.92 Å². The molecule has 2 aromatic carbocycles. The number of carbonyl (C=O) groups excluding carboxylic acids is 2. The lowest BCUT2D eigenvalue weighted by atomic mass is 9.98. The molecule has 10 heteroatoms. The molecule has 1 unspecified atom stereocenters. The Labute approximate surface area is 250 Å². The minimum absolute atomic E-state index is 0.0203. The summed E-state index contributed by atoms with van der Waals surface area (Å²) in [5.41, 5.74) is 1.68. The third-order valence-corrected chi connectivity index (χ3v) is 7.72. The number of nitrogens with one attached hydrogen (secondary N) is 2. The maximum Gasteiger partial charge on any atom is 0.309 e. The first-order chi connectivity index (χ1) is 20.9. The van der Waals surface area contributed by atoms with E-state index in [-0.39, 0.29) is 12.2 Å². The number of nitrogens with zero attached hydrogens (tertiary/aromatic N) is 2. The second-order valence-corrected chi connectivity index (χ2v) is 10.9. The van der Waals surface area contributed by atoms with E-state index in [0.29, 0.717) is 53.6 Å². The Morgan fingerprint density at radius 2 is 1.84 bits per heavy atom. The Hall–Kier alpha value is -4.44. The number of aromatic nitrogens is 1. The Morgan fingerprint density at radius 1 is 1.05 bits per heavy atom. The lowest BCUT2D eigenvalue weighted by molar-refractivity contribution is -0.139. The molecule has 1 aliphatic heterocycles. The zero-order valence-electron chi connectivity index (χ0n) is 24.5. The number of piperidine rings is 1. The monoisotopic (exact) mass is 588 g/mol. The lowest BCUT2D eigenvalue weighted by Crippen LogP contribution is -2.44. The molecule has 0 saturated carbocycles. The molecule has 2 N–H and O–H groups in total. The number of pyridine rings is 1. The third kappa shape index (κ3) is 7.90. The Balaban J connectivity index is 1.18. The predicted octanol–water partition coefficient (Wildman–Crippen LogP) is 4.33. The second-order valence-electron chi connectivity index (χ2n) is 10.9. The van der Waals surface area contributed by atoms with E-state index < -0.39 is 23.7 Å². The molecule has 226 valence electrons. The van der Waals surface area contributed by atoms with Gasteiger partial charge >= 0.3 is 11.8 Å². The van der Waals surface area contributed by atoms with Gasteiger partial charge in [-0.15, -0.1) is 0 Å². The summed E-state index contributed by atoms with van der Waals surface area (Å²) in [5.74, 6) is -0.178. The average Bonchev–Trinajstić information content (AvgIpc) is 3.02. The molecule has 1 atom stereocenters. The molecular formula is C33H37FN4O5. The van der Waals surface area contributed by atoms with E-state index >= 15 is 4.39 Å². The van der Waals surface area contributed by atoms with Crippen molar-refractivity contribution in [3.63, 3.8) is 0 Å². The van der Waals surface area contributed by atoms with Gasteiger partial charge in [0, 0.05) is 24.2 Å². The summed E-state index contributed by atoms with van der Waals surface area (Å²) >= 11 is 0. The molecule has 9 nitrogen and oxygen atoms in total. The standard InChI is InChI=1S/C33H37FN4O5/c1-38-16-12-23(13-17-38)21-42-31-20-27-25(19-30(31)41-2)28(11-15-35-27)43-29-9-8-24(18-26(29)34)37-33(40)32(39)36-14-10-22-6-4-3-5-7-22/h3-7,9,11,15,18-20,23-24H,8,10,12-14,16-17,21H2,1-2H3,(H,36,39)(H,37,40). The number of ether oxygens (including phenoxy) is 3. The summed E-state index contributed by atoms with van der Waals surface area (Å²) in [4.78, 5) is 31.4. The van der Waals surface area contributed by atoms with Crippen molar-refractivity contribution >= 4 is 22.7 Å². The van der Waals surface area contributed by atoms with E-state index in [2.05, 4.69) is 27.6 Å². The van der Waals surface area contributed by atoms with Crippen molar-refractivity contribution in [2.45, 2.75) is 31.7 Å². The van der Waals surface area contributed by atoms with Crippen LogP contribution in [0.3, 0.4) is 0 Å². The van der Waals surface area contributed by atoms with Crippen molar-refractivity contribution in [1.29, 1.82) is 0 Å². The van der Waals surface area contributed by atoms with Crippen LogP contribution in [0.2, 0.25) is 0 Å². The van der Waals surface area contributed by atoms with Crippen LogP contribution < -0.4 is 24.8 Å². The van der Waals surface area contributed by atoms with Crippen LogP contribution in [0.25, 0.3) is 10.9 Å². The molecule has 0 bridgehead atoms. The van der Waals surface area contributed by atoms with Gasteiger partial charge in [0.15, 0.2) is 23.1 Å². The SMILES string of the molecule is COc1cc2c(OC3=CCC(NC(=O)C(=O)NCCc4ccccc4)C=C3F)ccnc2cc1OCC1CCN(C)CC1. The van der Waals surface area contributed by atoms with Gasteiger partial charge in [-0.2, -0.15) is 0 Å². The fourth-order valence-corrected chi connectivity index (χ4v) is 5.17. The van der Waals surface area contributed by atoms with Crippen LogP contribution in [0.5, 0.6) is 17.2 Å². The van der Waals surface area contributed by atoms with E-state index in [4.69, 9.17) is 14.2 Å². The maximum absolute atomic E-state index is 15.1. The third-order valence-electron chi connectivity index (χ3n) is 7.72. The maximum atomic E-state index is 15.1. The van der Waals surface area contributed by atoms with Crippen LogP contribution in [0.4, 0.5) is 4.39 Å². The summed E-state index contributed by atoms with van der Waals surface area (Å²) in [5, 5.41) is 5.80. The van der Waals surface area contributed by atoms with Crippen molar-refractivity contribution in [3.05, 3.63) is 84.0 Å². The Morgan fingerprint density at radius 3 is 2.58 bits per heavy atom. The fraction of sp³-hybridized carbons (Fsp3) is 0.364. The van der Waals surface area contributed by atoms with E-state index in [0.717, 1.165) is 31.5 Å². The van der Waals surface area contributed by atoms with E-state index in [1.165, 1.54) is 6.08 Å². The number of likely N-dealkylation sites (tertiary alicyclic amines) is 1. The van der Waals surface area contributed by atoms with Gasteiger partial charge in [-0.05, 0) is 81.6 Å². The summed E-state index contributed by atoms with van der Waals surface area (Å²) in [6.45, 7) is 3.04. The molecule has 1 saturated heterocycles. The number of benzene rings is 2. The molecule has 0 radical (unpaired) electrons. The van der Waals surface area contributed by atoms with E-state index in [9.17, 15) is 9.59 Å². The summed E-state index contributed by atoms with van der Waals surface area (Å²) < 4.78 is 32.8. The predicted molar refractivity (Wildman–Crippen MR) is 162 cm³/mol. The number of amides is 2. The second kappa shape index (κ2) is 14.2. The van der Waals surface area contributed by atoms with Gasteiger partial charge in [0.2, 0.25) is 0 Å². The highest BCUT2D eigenvalue weighted by Gasteiger charge is 2.23. The molecule has 5 rings (SSSR count). The van der Waals surface area contributed by atoms with Crippen LogP contribution in [0.15, 0.2) is 78.5 Å². The van der Waals surface area contributed by atoms with Crippen molar-refractivity contribution in [2.24, 2.45) is 5.92 Å². The number of halogens is 1. The minimum Gasteiger partial charge on any atom is -0.493 e. The van der Waals surface area contributed by atoms with Crippen LogP contribution in [-0.2, 0) is 16.0 Å². The normalized spacial score (nSPS) is 17.5. The van der Waals surface area contributed by atoms with Gasteiger partial charge in [0.25, 0.3) is 0 Å². The van der Waals surface area contributed by atoms with Gasteiger partial charge in [0.1, 0.15) is 5.75 Å². The molecule has 0 spiro atoms. The van der Waals surface area contributed by atoms with Gasteiger partial charge in [0.05, 0.1) is 25.3 Å². The van der Waals surface area contributed by atoms with Gasteiger partial charge in [-0.1, -0.05) is 30.3 Å². The number of allylic oxidation sites excluding steroid dienone is 1. The molecule has 43 heavy (non-hydrogen) atoms. The molecule has 1 aromatic heterocycles. The first-order valence-electron chi connectivity index (χ1n) is 14.6. The molecule has 1 aliphatic carbocycles. The number of carbonyl (C=O) groups is 2. The van der Waals surface area contributed by atoms with Crippen molar-refractivity contribution in [1.82, 2.24) is 20.5 Å². The highest BCUT2D eigenvalue weighted by atomic mass is 19.1. The van der Waals surface area contributed by atoms with Crippen molar-refractivity contribution in [3.8, 4) is 17.2 Å². The fourth-order valence-electron chi connectivity index (χ4n) is 5.17. The van der Waals surface area contributed by atoms with Gasteiger partial charge in [-0.25, -0.2) is 4.39 Å². The lowest BCUT2D eigenvalue weighted by Gasteiger charge is -2.28. The smallest absolute Gasteiger partial charge is 0.309 e. The van der Waals surface area contributed by atoms with Crippen molar-refractivity contribution in [2.75, 3.05) is 40.4 Å². The zero-order chi connectivity index (χ0) is 30.2. The van der Waals surface area contributed by atoms with Gasteiger partial charge < -0.3 is 29.7 Å². The first kappa shape index (κ1) is 30.0.